The van der Waals surface area contributed by atoms with Gasteiger partial charge in [0, 0.05) is 18.5 Å². The smallest absolute Gasteiger partial charge is 0.275 e. The van der Waals surface area contributed by atoms with Crippen molar-refractivity contribution in [3.8, 4) is 16.9 Å². The fraction of sp³-hybridized carbons (Fsp3) is 0.464. The van der Waals surface area contributed by atoms with Gasteiger partial charge < -0.3 is 36.2 Å². The van der Waals surface area contributed by atoms with Crippen LogP contribution < -0.4 is 31.5 Å². The van der Waals surface area contributed by atoms with Gasteiger partial charge in [0.05, 0.1) is 29.9 Å². The summed E-state index contributed by atoms with van der Waals surface area (Å²) < 4.78 is 23.9. The Morgan fingerprint density at radius 2 is 2.04 bits per heavy atom. The standard InChI is InChI=1S/C28H41N9O6S2/c1-20(28(2,3)37(19-38)43-45-40)32-26(39)25(24-18-44-27(30)33-24)34-42-15-14-41-23-8-6-21(7-9-23)22-16-35(4)36(17-22)13-5-11-31-12-10-29/h6-9,16-20,31H,5,10-15,29H2,1-4H3,(H3-,30,32,33,39,40)/p+1/b34-25+. The quantitative estimate of drug-likeness (QED) is 0.0294. The molecule has 0 aliphatic rings. The molecule has 2 amide bonds. The van der Waals surface area contributed by atoms with Crippen LogP contribution in [0.2, 0.25) is 0 Å². The van der Waals surface area contributed by atoms with Crippen LogP contribution in [0.1, 0.15) is 32.9 Å². The number of carbonyl (C=O) groups excluding carboxylic acids is 2. The van der Waals surface area contributed by atoms with Crippen molar-refractivity contribution in [2.75, 3.05) is 38.6 Å². The number of rotatable bonds is 20. The minimum absolute atomic E-state index is 0.0198. The highest BCUT2D eigenvalue weighted by molar-refractivity contribution is 7.88. The zero-order valence-corrected chi connectivity index (χ0v) is 27.5. The maximum Gasteiger partial charge on any atom is 0.275 e. The zero-order valence-electron chi connectivity index (χ0n) is 25.8. The Labute approximate surface area is 270 Å². The van der Waals surface area contributed by atoms with Gasteiger partial charge >= 0.3 is 0 Å². The van der Waals surface area contributed by atoms with E-state index in [1.807, 2.05) is 31.3 Å². The molecule has 0 fully saturated rings. The number of anilines is 1. The third-order valence-electron chi connectivity index (χ3n) is 7.03. The second-order valence-corrected chi connectivity index (χ2v) is 11.7. The van der Waals surface area contributed by atoms with Crippen molar-refractivity contribution in [3.63, 3.8) is 0 Å². The molecule has 1 unspecified atom stereocenters. The highest BCUT2D eigenvalue weighted by Gasteiger charge is 2.36. The summed E-state index contributed by atoms with van der Waals surface area (Å²) in [5, 5.41) is 12.8. The molecule has 0 radical (unpaired) electrons. The van der Waals surface area contributed by atoms with E-state index in [0.29, 0.717) is 18.7 Å². The van der Waals surface area contributed by atoms with E-state index >= 15 is 0 Å². The van der Waals surface area contributed by atoms with Crippen LogP contribution in [0.5, 0.6) is 5.75 Å². The summed E-state index contributed by atoms with van der Waals surface area (Å²) in [6.07, 6.45) is 5.61. The molecule has 0 saturated heterocycles. The number of nitrogens with zero attached hydrogens (tertiary/aromatic N) is 5. The van der Waals surface area contributed by atoms with Gasteiger partial charge in [-0.25, -0.2) is 10.0 Å². The first kappa shape index (κ1) is 35.7. The zero-order chi connectivity index (χ0) is 32.8. The van der Waals surface area contributed by atoms with Crippen molar-refractivity contribution in [1.29, 1.82) is 0 Å². The van der Waals surface area contributed by atoms with E-state index in [-0.39, 0.29) is 42.1 Å². The van der Waals surface area contributed by atoms with Crippen LogP contribution in [-0.4, -0.2) is 81.7 Å². The van der Waals surface area contributed by atoms with Crippen LogP contribution in [0.4, 0.5) is 5.13 Å². The summed E-state index contributed by atoms with van der Waals surface area (Å²) >= 11 is 1.17. The Morgan fingerprint density at radius 3 is 2.69 bits per heavy atom. The average molecular weight is 665 g/mol. The van der Waals surface area contributed by atoms with Crippen LogP contribution in [0.25, 0.3) is 11.1 Å². The van der Waals surface area contributed by atoms with E-state index in [9.17, 15) is 9.59 Å². The van der Waals surface area contributed by atoms with Gasteiger partial charge in [-0.3, -0.25) is 9.59 Å². The van der Waals surface area contributed by atoms with Gasteiger partial charge in [0.15, 0.2) is 36.8 Å². The molecule has 7 N–H and O–H groups in total. The number of aromatic nitrogens is 3. The second kappa shape index (κ2) is 17.7. The lowest BCUT2D eigenvalue weighted by atomic mass is 9.95. The highest BCUT2D eigenvalue weighted by Crippen LogP contribution is 2.23. The number of amides is 2. The Bertz CT molecular complexity index is 1400. The molecule has 0 aliphatic heterocycles. The van der Waals surface area contributed by atoms with E-state index in [2.05, 4.69) is 42.5 Å². The van der Waals surface area contributed by atoms with Crippen LogP contribution in [0.15, 0.2) is 47.2 Å². The van der Waals surface area contributed by atoms with E-state index < -0.39 is 17.5 Å². The summed E-state index contributed by atoms with van der Waals surface area (Å²) in [5.41, 5.74) is 12.6. The molecule has 246 valence electrons. The SMILES string of the molecule is CC(NC(=O)/C(=N/OCCOc1ccc(-c2cn(CCCNCCN)[n+](C)c2)cc1)c1csc(N)n1)C(C)(C)N(C=O)OSO. The lowest BCUT2D eigenvalue weighted by molar-refractivity contribution is -0.753. The van der Waals surface area contributed by atoms with Gasteiger partial charge in [-0.1, -0.05) is 17.3 Å². The van der Waals surface area contributed by atoms with E-state index in [4.69, 9.17) is 29.9 Å². The molecule has 1 atom stereocenters. The largest absolute Gasteiger partial charge is 0.490 e. The maximum atomic E-state index is 13.2. The molecular weight excluding hydrogens is 622 g/mol. The number of hydroxylamine groups is 2. The first-order chi connectivity index (χ1) is 21.6. The lowest BCUT2D eigenvalue weighted by Crippen LogP contribution is -2.57. The molecule has 3 rings (SSSR count). The summed E-state index contributed by atoms with van der Waals surface area (Å²) in [7, 11) is 2.02. The molecule has 3 aromatic rings. The predicted molar refractivity (Wildman–Crippen MR) is 173 cm³/mol. The van der Waals surface area contributed by atoms with Gasteiger partial charge in [-0.05, 0) is 51.4 Å². The number of ether oxygens (including phenoxy) is 1. The van der Waals surface area contributed by atoms with Crippen LogP contribution in [0, 0.1) is 0 Å². The molecule has 1 aromatic carbocycles. The fourth-order valence-electron chi connectivity index (χ4n) is 4.09. The summed E-state index contributed by atoms with van der Waals surface area (Å²) in [6, 6.07) is 7.11. The molecule has 0 saturated carbocycles. The van der Waals surface area contributed by atoms with Crippen molar-refractivity contribution in [3.05, 3.63) is 47.7 Å². The topological polar surface area (TPSA) is 195 Å². The molecule has 0 spiro atoms. The van der Waals surface area contributed by atoms with Crippen molar-refractivity contribution in [2.24, 2.45) is 17.9 Å². The van der Waals surface area contributed by atoms with Gasteiger partial charge in [0.2, 0.25) is 12.6 Å². The lowest BCUT2D eigenvalue weighted by Gasteiger charge is -2.37. The number of aryl methyl sites for hydroxylation is 2. The minimum Gasteiger partial charge on any atom is -0.490 e. The molecule has 0 aliphatic carbocycles. The van der Waals surface area contributed by atoms with Crippen molar-refractivity contribution >= 4 is 46.8 Å². The van der Waals surface area contributed by atoms with Gasteiger partial charge in [-0.2, -0.15) is 8.97 Å². The third kappa shape index (κ3) is 10.4. The first-order valence-electron chi connectivity index (χ1n) is 14.3. The predicted octanol–water partition coefficient (Wildman–Crippen LogP) is 1.55. The second-order valence-electron chi connectivity index (χ2n) is 10.5. The number of benzene rings is 1. The average Bonchev–Trinajstić information content (AvgIpc) is 3.62. The molecular formula is C28H42N9O6S2+. The summed E-state index contributed by atoms with van der Waals surface area (Å²) in [5.74, 6) is 0.0517. The Kier molecular flexibility index (Phi) is 14.0. The van der Waals surface area contributed by atoms with Gasteiger partial charge in [0.25, 0.3) is 5.91 Å². The van der Waals surface area contributed by atoms with E-state index in [0.717, 1.165) is 53.6 Å². The van der Waals surface area contributed by atoms with E-state index in [1.165, 1.54) is 0 Å². The number of nitrogens with one attached hydrogen (secondary N) is 2. The van der Waals surface area contributed by atoms with Crippen molar-refractivity contribution in [1.82, 2.24) is 25.4 Å². The maximum absolute atomic E-state index is 13.2. The minimum atomic E-state index is -1.03. The van der Waals surface area contributed by atoms with Crippen molar-refractivity contribution < 1.29 is 32.7 Å². The Morgan fingerprint density at radius 1 is 1.29 bits per heavy atom. The van der Waals surface area contributed by atoms with Crippen LogP contribution in [0.3, 0.4) is 0 Å². The number of hydrogen-bond acceptors (Lipinski definition) is 13. The number of oxime groups is 1. The Hall–Kier alpha value is -3.74. The number of thiazole rings is 1. The summed E-state index contributed by atoms with van der Waals surface area (Å²) in [4.78, 5) is 34.2. The molecule has 2 aromatic heterocycles. The Balaban J connectivity index is 1.55. The van der Waals surface area contributed by atoms with Gasteiger partial charge in [-0.15, -0.1) is 16.0 Å². The number of hydrogen-bond donors (Lipinski definition) is 5. The third-order valence-corrected chi connectivity index (χ3v) is 7.93. The molecule has 2 heterocycles. The molecule has 45 heavy (non-hydrogen) atoms. The molecule has 17 heteroatoms. The van der Waals surface area contributed by atoms with Crippen molar-refractivity contribution in [2.45, 2.75) is 45.3 Å². The number of nitrogen functional groups attached to an aromatic ring is 1. The number of carbonyl (C=O) groups is 2. The first-order valence-corrected chi connectivity index (χ1v) is 15.8. The fourth-order valence-corrected chi connectivity index (χ4v) is 4.94. The molecule has 0 bridgehead atoms. The summed E-state index contributed by atoms with van der Waals surface area (Å²) in [6.45, 7) is 8.48. The van der Waals surface area contributed by atoms with Gasteiger partial charge in [0.1, 0.15) is 18.1 Å². The highest BCUT2D eigenvalue weighted by atomic mass is 32.2. The number of nitrogens with two attached hydrogens (primary N) is 2. The van der Waals surface area contributed by atoms with Crippen LogP contribution >= 0.6 is 23.7 Å². The monoisotopic (exact) mass is 664 g/mol. The molecule has 15 nitrogen and oxygen atoms in total. The van der Waals surface area contributed by atoms with E-state index in [1.54, 1.807) is 26.2 Å². The normalized spacial score (nSPS) is 12.5. The van der Waals surface area contributed by atoms with Crippen LogP contribution in [-0.2, 0) is 32.3 Å².